The van der Waals surface area contributed by atoms with E-state index in [1.165, 1.54) is 5.56 Å². The van der Waals surface area contributed by atoms with Crippen LogP contribution in [0.4, 0.5) is 0 Å². The minimum atomic E-state index is -0.376. The molecule has 0 saturated heterocycles. The van der Waals surface area contributed by atoms with Gasteiger partial charge in [0.1, 0.15) is 11.6 Å². The molecule has 130 valence electrons. The van der Waals surface area contributed by atoms with Gasteiger partial charge in [0.2, 0.25) is 5.91 Å². The lowest BCUT2D eigenvalue weighted by Crippen LogP contribution is -2.27. The van der Waals surface area contributed by atoms with Crippen LogP contribution in [0.2, 0.25) is 0 Å². The van der Waals surface area contributed by atoms with E-state index in [-0.39, 0.29) is 23.1 Å². The number of nitriles is 1. The second-order valence-corrected chi connectivity index (χ2v) is 6.37. The van der Waals surface area contributed by atoms with Gasteiger partial charge in [-0.3, -0.25) is 9.59 Å². The van der Waals surface area contributed by atoms with Crippen LogP contribution in [0.25, 0.3) is 0 Å². The van der Waals surface area contributed by atoms with Crippen LogP contribution in [0.3, 0.4) is 0 Å². The number of aromatic amines is 1. The Morgan fingerprint density at radius 1 is 1.24 bits per heavy atom. The molecule has 0 aliphatic rings. The molecule has 1 heterocycles. The van der Waals surface area contributed by atoms with E-state index in [4.69, 9.17) is 5.26 Å². The van der Waals surface area contributed by atoms with E-state index in [9.17, 15) is 9.59 Å². The maximum atomic E-state index is 12.3. The van der Waals surface area contributed by atoms with Crippen molar-refractivity contribution in [2.75, 3.05) is 0 Å². The first-order valence-electron chi connectivity index (χ1n) is 8.32. The van der Waals surface area contributed by atoms with Gasteiger partial charge in [0.05, 0.1) is 6.04 Å². The number of benzene rings is 1. The molecule has 0 aliphatic carbocycles. The largest absolute Gasteiger partial charge is 0.350 e. The number of nitrogens with one attached hydrogen (secondary N) is 2. The third-order valence-electron chi connectivity index (χ3n) is 4.48. The van der Waals surface area contributed by atoms with Crippen LogP contribution < -0.4 is 10.9 Å². The highest BCUT2D eigenvalue weighted by atomic mass is 16.1. The average Bonchev–Trinajstić information content (AvgIpc) is 2.55. The fourth-order valence-corrected chi connectivity index (χ4v) is 2.91. The zero-order valence-corrected chi connectivity index (χ0v) is 15.1. The van der Waals surface area contributed by atoms with Crippen LogP contribution in [0.5, 0.6) is 0 Å². The van der Waals surface area contributed by atoms with E-state index >= 15 is 0 Å². The molecular weight excluding hydrogens is 314 g/mol. The number of nitrogens with zero attached hydrogens (tertiary/aromatic N) is 1. The SMILES string of the molecule is Cc1ccc(C(C)NC(=O)CCc2c(C)[nH]c(=O)c(C#N)c2C)cc1. The van der Waals surface area contributed by atoms with Crippen LogP contribution in [0.15, 0.2) is 29.1 Å². The molecule has 1 amide bonds. The Bertz CT molecular complexity index is 874. The molecule has 2 rings (SSSR count). The van der Waals surface area contributed by atoms with Crippen molar-refractivity contribution in [3.63, 3.8) is 0 Å². The molecule has 0 fully saturated rings. The van der Waals surface area contributed by atoms with Crippen molar-refractivity contribution in [3.05, 3.63) is 68.1 Å². The number of pyridine rings is 1. The Hall–Kier alpha value is -2.87. The number of hydrogen-bond acceptors (Lipinski definition) is 3. The summed E-state index contributed by atoms with van der Waals surface area (Å²) in [5, 5.41) is 12.1. The maximum absolute atomic E-state index is 12.3. The van der Waals surface area contributed by atoms with Gasteiger partial charge < -0.3 is 10.3 Å². The highest BCUT2D eigenvalue weighted by Gasteiger charge is 2.14. The van der Waals surface area contributed by atoms with Gasteiger partial charge in [-0.15, -0.1) is 0 Å². The summed E-state index contributed by atoms with van der Waals surface area (Å²) in [7, 11) is 0. The summed E-state index contributed by atoms with van der Waals surface area (Å²) in [5.41, 5.74) is 4.20. The first kappa shape index (κ1) is 18.5. The summed E-state index contributed by atoms with van der Waals surface area (Å²) >= 11 is 0. The summed E-state index contributed by atoms with van der Waals surface area (Å²) in [6.07, 6.45) is 0.782. The summed E-state index contributed by atoms with van der Waals surface area (Å²) in [6, 6.07) is 9.93. The Morgan fingerprint density at radius 3 is 2.48 bits per heavy atom. The average molecular weight is 337 g/mol. The highest BCUT2D eigenvalue weighted by Crippen LogP contribution is 2.16. The second-order valence-electron chi connectivity index (χ2n) is 6.37. The van der Waals surface area contributed by atoms with Crippen LogP contribution in [-0.2, 0) is 11.2 Å². The molecule has 1 aromatic heterocycles. The van der Waals surface area contributed by atoms with Crippen molar-refractivity contribution in [3.8, 4) is 6.07 Å². The molecular formula is C20H23N3O2. The Labute approximate surface area is 147 Å². The first-order chi connectivity index (χ1) is 11.8. The Kier molecular flexibility index (Phi) is 5.76. The van der Waals surface area contributed by atoms with E-state index in [2.05, 4.69) is 10.3 Å². The van der Waals surface area contributed by atoms with Gasteiger partial charge in [-0.05, 0) is 50.8 Å². The highest BCUT2D eigenvalue weighted by molar-refractivity contribution is 5.76. The number of aromatic nitrogens is 1. The predicted octanol–water partition coefficient (Wildman–Crippen LogP) is 2.98. The molecule has 5 nitrogen and oxygen atoms in total. The molecule has 1 atom stereocenters. The molecule has 5 heteroatoms. The lowest BCUT2D eigenvalue weighted by Gasteiger charge is -2.15. The molecule has 0 bridgehead atoms. The number of rotatable bonds is 5. The molecule has 0 aliphatic heterocycles. The van der Waals surface area contributed by atoms with Crippen molar-refractivity contribution in [2.24, 2.45) is 0 Å². The molecule has 1 unspecified atom stereocenters. The van der Waals surface area contributed by atoms with Crippen LogP contribution in [0, 0.1) is 32.1 Å². The molecule has 2 N–H and O–H groups in total. The summed E-state index contributed by atoms with van der Waals surface area (Å²) in [5.74, 6) is -0.0587. The van der Waals surface area contributed by atoms with Gasteiger partial charge in [0, 0.05) is 12.1 Å². The third kappa shape index (κ3) is 4.36. The molecule has 2 aromatic rings. The number of carbonyl (C=O) groups is 1. The first-order valence-corrected chi connectivity index (χ1v) is 8.32. The van der Waals surface area contributed by atoms with Gasteiger partial charge in [-0.2, -0.15) is 5.26 Å². The smallest absolute Gasteiger partial charge is 0.266 e. The number of aryl methyl sites for hydroxylation is 2. The maximum Gasteiger partial charge on any atom is 0.266 e. The molecule has 0 saturated carbocycles. The minimum absolute atomic E-state index is 0.0587. The van der Waals surface area contributed by atoms with Crippen molar-refractivity contribution >= 4 is 5.91 Å². The van der Waals surface area contributed by atoms with Gasteiger partial charge in [0.15, 0.2) is 0 Å². The summed E-state index contributed by atoms with van der Waals surface area (Å²) in [4.78, 5) is 26.7. The minimum Gasteiger partial charge on any atom is -0.350 e. The van der Waals surface area contributed by atoms with Crippen molar-refractivity contribution in [1.29, 1.82) is 5.26 Å². The monoisotopic (exact) mass is 337 g/mol. The number of H-pyrrole nitrogens is 1. The second kappa shape index (κ2) is 7.80. The van der Waals surface area contributed by atoms with Gasteiger partial charge in [-0.1, -0.05) is 29.8 Å². The van der Waals surface area contributed by atoms with Gasteiger partial charge in [0.25, 0.3) is 5.56 Å². The molecule has 1 aromatic carbocycles. The lowest BCUT2D eigenvalue weighted by molar-refractivity contribution is -0.121. The van der Waals surface area contributed by atoms with Crippen molar-refractivity contribution in [1.82, 2.24) is 10.3 Å². The van der Waals surface area contributed by atoms with E-state index < -0.39 is 0 Å². The number of carbonyl (C=O) groups excluding carboxylic acids is 1. The number of hydrogen-bond donors (Lipinski definition) is 2. The van der Waals surface area contributed by atoms with Gasteiger partial charge >= 0.3 is 0 Å². The zero-order chi connectivity index (χ0) is 18.6. The third-order valence-corrected chi connectivity index (χ3v) is 4.48. The van der Waals surface area contributed by atoms with Crippen molar-refractivity contribution < 1.29 is 4.79 Å². The quantitative estimate of drug-likeness (QED) is 0.879. The summed E-state index contributed by atoms with van der Waals surface area (Å²) in [6.45, 7) is 7.52. The molecule has 25 heavy (non-hydrogen) atoms. The van der Waals surface area contributed by atoms with E-state index in [0.29, 0.717) is 24.1 Å². The normalized spacial score (nSPS) is 11.6. The fourth-order valence-electron chi connectivity index (χ4n) is 2.91. The van der Waals surface area contributed by atoms with Gasteiger partial charge in [-0.25, -0.2) is 0 Å². The van der Waals surface area contributed by atoms with E-state index in [1.807, 2.05) is 44.2 Å². The summed E-state index contributed by atoms with van der Waals surface area (Å²) < 4.78 is 0. The van der Waals surface area contributed by atoms with E-state index in [1.54, 1.807) is 13.8 Å². The Balaban J connectivity index is 2.04. The lowest BCUT2D eigenvalue weighted by atomic mass is 9.99. The van der Waals surface area contributed by atoms with E-state index in [0.717, 1.165) is 11.1 Å². The van der Waals surface area contributed by atoms with Crippen LogP contribution in [-0.4, -0.2) is 10.9 Å². The number of amides is 1. The molecule has 0 radical (unpaired) electrons. The zero-order valence-electron chi connectivity index (χ0n) is 15.1. The topological polar surface area (TPSA) is 85.8 Å². The predicted molar refractivity (Wildman–Crippen MR) is 97.3 cm³/mol. The standard InChI is InChI=1S/C20H23N3O2/c1-12-5-7-16(8-6-12)14(3)22-19(24)10-9-17-13(2)18(11-21)20(25)23-15(17)4/h5-8,14H,9-10H2,1-4H3,(H,22,24)(H,23,25). The van der Waals surface area contributed by atoms with Crippen molar-refractivity contribution in [2.45, 2.75) is 46.6 Å². The Morgan fingerprint density at radius 2 is 1.88 bits per heavy atom. The van der Waals surface area contributed by atoms with Crippen LogP contribution >= 0.6 is 0 Å². The molecule has 0 spiro atoms. The fraction of sp³-hybridized carbons (Fsp3) is 0.350. The van der Waals surface area contributed by atoms with Crippen LogP contribution in [0.1, 0.15) is 52.9 Å².